The Labute approximate surface area is 275 Å². The molecule has 3 aliphatic rings. The van der Waals surface area contributed by atoms with Crippen LogP contribution in [0.5, 0.6) is 0 Å². The summed E-state index contributed by atoms with van der Waals surface area (Å²) in [6.07, 6.45) is 18.6. The second-order valence-corrected chi connectivity index (χ2v) is 14.8. The van der Waals surface area contributed by atoms with E-state index in [9.17, 15) is 24.0 Å². The molecule has 1 amide bonds. The molecule has 3 aliphatic carbocycles. The molecule has 0 bridgehead atoms. The number of carbonyl (C=O) groups excluding carboxylic acids is 2. The van der Waals surface area contributed by atoms with E-state index in [2.05, 4.69) is 28.7 Å². The van der Waals surface area contributed by atoms with Gasteiger partial charge in [0.2, 0.25) is 5.91 Å². The lowest BCUT2D eigenvalue weighted by Crippen LogP contribution is -2.55. The minimum atomic E-state index is -1.46. The van der Waals surface area contributed by atoms with Crippen molar-refractivity contribution in [1.82, 2.24) is 10.6 Å². The van der Waals surface area contributed by atoms with Crippen molar-refractivity contribution in [3.8, 4) is 12.3 Å². The molecule has 2 aromatic carbocycles. The molecule has 0 aromatic heterocycles. The maximum Gasteiger partial charge on any atom is 0.238 e. The van der Waals surface area contributed by atoms with E-state index in [-0.39, 0.29) is 18.0 Å². The predicted molar refractivity (Wildman–Crippen MR) is 183 cm³/mol. The number of aliphatic hydroxyl groups is 2. The highest BCUT2D eigenvalue weighted by molar-refractivity contribution is 7.85. The molecule has 3 unspecified atom stereocenters. The number of hydrogen-bond donors (Lipinski definition) is 4. The van der Waals surface area contributed by atoms with Gasteiger partial charge in [-0.05, 0) is 60.9 Å². The molecule has 0 aliphatic heterocycles. The normalized spacial score (nSPS) is 24.8. The van der Waals surface area contributed by atoms with Crippen LogP contribution in [0.2, 0.25) is 0 Å². The summed E-state index contributed by atoms with van der Waals surface area (Å²) in [5.74, 6) is 2.59. The van der Waals surface area contributed by atoms with Gasteiger partial charge in [-0.25, -0.2) is 0 Å². The van der Waals surface area contributed by atoms with Crippen LogP contribution in [0.4, 0.5) is 0 Å². The topological polar surface area (TPSA) is 116 Å². The second-order valence-electron chi connectivity index (χ2n) is 13.3. The number of benzene rings is 2. The van der Waals surface area contributed by atoms with Gasteiger partial charge in [0.1, 0.15) is 0 Å². The van der Waals surface area contributed by atoms with Gasteiger partial charge < -0.3 is 15.5 Å². The Morgan fingerprint density at radius 3 is 2.57 bits per heavy atom. The molecule has 7 atom stereocenters. The van der Waals surface area contributed by atoms with Gasteiger partial charge in [-0.2, -0.15) is 0 Å². The summed E-state index contributed by atoms with van der Waals surface area (Å²) in [5, 5.41) is 29.8. The van der Waals surface area contributed by atoms with E-state index < -0.39 is 52.5 Å². The van der Waals surface area contributed by atoms with Crippen molar-refractivity contribution in [3.05, 3.63) is 66.3 Å². The third-order valence-corrected chi connectivity index (χ3v) is 11.6. The van der Waals surface area contributed by atoms with E-state index in [1.165, 1.54) is 6.42 Å². The number of carbonyl (C=O) groups is 2. The number of hydrogen-bond acceptors (Lipinski definition) is 6. The molecule has 0 radical (unpaired) electrons. The fraction of sp³-hybridized carbons (Fsp3) is 0.526. The first kappa shape index (κ1) is 34.3. The first-order valence-electron chi connectivity index (χ1n) is 16.9. The largest absolute Gasteiger partial charge is 0.390 e. The molecule has 0 saturated heterocycles. The van der Waals surface area contributed by atoms with Gasteiger partial charge in [0.05, 0.1) is 46.5 Å². The summed E-state index contributed by atoms with van der Waals surface area (Å²) in [4.78, 5) is 28.2. The van der Waals surface area contributed by atoms with Crippen LogP contribution in [-0.4, -0.2) is 62.2 Å². The number of aliphatic hydroxyl groups excluding tert-OH is 2. The van der Waals surface area contributed by atoms with Crippen LogP contribution in [0.1, 0.15) is 77.6 Å². The molecular formula is C38H48N2O5S. The second kappa shape index (κ2) is 15.7. The van der Waals surface area contributed by atoms with Gasteiger partial charge >= 0.3 is 0 Å². The van der Waals surface area contributed by atoms with Crippen molar-refractivity contribution in [3.63, 3.8) is 0 Å². The molecule has 2 aromatic rings. The third-order valence-electron chi connectivity index (χ3n) is 10.1. The van der Waals surface area contributed by atoms with E-state index in [0.717, 1.165) is 54.9 Å². The van der Waals surface area contributed by atoms with Gasteiger partial charge in [0.25, 0.3) is 0 Å². The molecule has 8 heteroatoms. The zero-order valence-corrected chi connectivity index (χ0v) is 27.6. The Morgan fingerprint density at radius 2 is 1.87 bits per heavy atom. The summed E-state index contributed by atoms with van der Waals surface area (Å²) < 4.78 is 13.9. The molecule has 7 nitrogen and oxygen atoms in total. The number of allylic oxidation sites excluding steroid dienone is 4. The lowest BCUT2D eigenvalue weighted by molar-refractivity contribution is -0.125. The van der Waals surface area contributed by atoms with Gasteiger partial charge in [-0.1, -0.05) is 93.2 Å². The van der Waals surface area contributed by atoms with Crippen LogP contribution in [0, 0.1) is 23.7 Å². The van der Waals surface area contributed by atoms with E-state index in [4.69, 9.17) is 6.42 Å². The zero-order chi connectivity index (χ0) is 32.7. The van der Waals surface area contributed by atoms with Crippen molar-refractivity contribution in [2.45, 2.75) is 113 Å². The molecule has 4 N–H and O–H groups in total. The van der Waals surface area contributed by atoms with Crippen LogP contribution in [0.3, 0.4) is 0 Å². The Kier molecular flexibility index (Phi) is 11.7. The SMILES string of the molecule is C#CC[C@H](NC1C(=O)C1(CC1=CCCC=C1)CS(=O)c1ccc2ccccc2c1)C(=O)N[C@@H](CC1CCCCC1)[C@@H](O)[C@@H](O)CC. The number of nitrogens with one attached hydrogen (secondary N) is 2. The Morgan fingerprint density at radius 1 is 1.11 bits per heavy atom. The van der Waals surface area contributed by atoms with Crippen molar-refractivity contribution in [1.29, 1.82) is 0 Å². The molecular weight excluding hydrogens is 596 g/mol. The van der Waals surface area contributed by atoms with Crippen molar-refractivity contribution in [2.24, 2.45) is 11.3 Å². The molecule has 0 spiro atoms. The zero-order valence-electron chi connectivity index (χ0n) is 26.8. The van der Waals surface area contributed by atoms with Gasteiger partial charge in [0, 0.05) is 17.1 Å². The van der Waals surface area contributed by atoms with E-state index in [1.54, 1.807) is 6.92 Å². The molecule has 246 valence electrons. The van der Waals surface area contributed by atoms with Gasteiger partial charge in [-0.3, -0.25) is 19.1 Å². The summed E-state index contributed by atoms with van der Waals surface area (Å²) in [7, 11) is -1.46. The number of terminal acetylenes is 1. The third kappa shape index (κ3) is 8.06. The van der Waals surface area contributed by atoms with Gasteiger partial charge in [0.15, 0.2) is 5.78 Å². The fourth-order valence-corrected chi connectivity index (χ4v) is 8.74. The van der Waals surface area contributed by atoms with Crippen LogP contribution in [-0.2, 0) is 20.4 Å². The Hall–Kier alpha value is -3.09. The van der Waals surface area contributed by atoms with Crippen LogP contribution >= 0.6 is 0 Å². The van der Waals surface area contributed by atoms with E-state index in [1.807, 2.05) is 48.5 Å². The summed E-state index contributed by atoms with van der Waals surface area (Å²) in [5.41, 5.74) is 0.0814. The van der Waals surface area contributed by atoms with Crippen LogP contribution in [0.15, 0.2) is 71.2 Å². The van der Waals surface area contributed by atoms with Crippen molar-refractivity contribution >= 4 is 33.3 Å². The maximum atomic E-state index is 13.9. The number of ketones is 1. The highest BCUT2D eigenvalue weighted by Crippen LogP contribution is 2.49. The highest BCUT2D eigenvalue weighted by atomic mass is 32.2. The molecule has 2 saturated carbocycles. The standard InChI is InChI=1S/C38H48N2O5S/c1-3-13-31(37(44)40-32(34(42)33(41)4-2)22-26-14-7-5-8-15-26)39-35-36(43)38(35,24-27-16-9-6-10-17-27)25-46(45)30-21-20-28-18-11-12-19-29(28)23-30/h1,9,11-12,16-21,23,26,31-35,39,41-42H,4-8,10,13-15,22,24-25H2,2H3,(H,40,44)/t31-,32-,33-,34+,35?,38?,46?/m0/s1. The summed E-state index contributed by atoms with van der Waals surface area (Å²) >= 11 is 0. The predicted octanol–water partition coefficient (Wildman–Crippen LogP) is 5.12. The first-order valence-corrected chi connectivity index (χ1v) is 18.2. The Balaban J connectivity index is 1.35. The molecule has 2 fully saturated rings. The Bertz CT molecular complexity index is 1520. The molecule has 0 heterocycles. The number of Topliss-reactive ketones (excluding diaryl/α,β-unsaturated/α-hetero) is 1. The lowest BCUT2D eigenvalue weighted by Gasteiger charge is -2.33. The smallest absolute Gasteiger partial charge is 0.238 e. The average molecular weight is 645 g/mol. The van der Waals surface area contributed by atoms with Crippen molar-refractivity contribution in [2.75, 3.05) is 5.75 Å². The maximum absolute atomic E-state index is 13.9. The monoisotopic (exact) mass is 644 g/mol. The fourth-order valence-electron chi connectivity index (χ4n) is 7.21. The number of fused-ring (bicyclic) bond motifs is 1. The number of rotatable bonds is 15. The lowest BCUT2D eigenvalue weighted by atomic mass is 9.82. The molecule has 5 rings (SSSR count). The minimum Gasteiger partial charge on any atom is -0.390 e. The van der Waals surface area contributed by atoms with Gasteiger partial charge in [-0.15, -0.1) is 12.3 Å². The summed E-state index contributed by atoms with van der Waals surface area (Å²) in [6.45, 7) is 1.80. The minimum absolute atomic E-state index is 0.0463. The van der Waals surface area contributed by atoms with E-state index in [0.29, 0.717) is 30.1 Å². The summed E-state index contributed by atoms with van der Waals surface area (Å²) in [6, 6.07) is 11.4. The molecule has 46 heavy (non-hydrogen) atoms. The van der Waals surface area contributed by atoms with E-state index >= 15 is 0 Å². The average Bonchev–Trinajstić information content (AvgIpc) is 3.61. The van der Waals surface area contributed by atoms with Crippen molar-refractivity contribution < 1.29 is 24.0 Å². The van der Waals surface area contributed by atoms with Crippen LogP contribution < -0.4 is 10.6 Å². The van der Waals surface area contributed by atoms with Crippen LogP contribution in [0.25, 0.3) is 10.8 Å². The highest BCUT2D eigenvalue weighted by Gasteiger charge is 2.65. The first-order chi connectivity index (χ1) is 22.3. The number of amides is 1. The quantitative estimate of drug-likeness (QED) is 0.200.